The van der Waals surface area contributed by atoms with Crippen LogP contribution in [0, 0.1) is 17.6 Å². The second-order valence-corrected chi connectivity index (χ2v) is 5.62. The summed E-state index contributed by atoms with van der Waals surface area (Å²) in [6.07, 6.45) is 5.36. The number of hydrogen-bond donors (Lipinski definition) is 1. The highest BCUT2D eigenvalue weighted by molar-refractivity contribution is 9.10. The zero-order valence-electron chi connectivity index (χ0n) is 9.96. The van der Waals surface area contributed by atoms with Crippen LogP contribution in [0.1, 0.15) is 43.7 Å². The Bertz CT molecular complexity index is 385. The molecule has 1 aliphatic rings. The normalized spacial score (nSPS) is 18.2. The number of nitrogens with two attached hydrogens (primary N) is 1. The number of hydrogen-bond acceptors (Lipinski definition) is 1. The third kappa shape index (κ3) is 3.43. The summed E-state index contributed by atoms with van der Waals surface area (Å²) in [4.78, 5) is 0. The molecule has 0 unspecified atom stereocenters. The predicted molar refractivity (Wildman–Crippen MR) is 74.8 cm³/mol. The van der Waals surface area contributed by atoms with Crippen LogP contribution < -0.4 is 5.73 Å². The quantitative estimate of drug-likeness (QED) is 0.827. The molecule has 102 valence electrons. The van der Waals surface area contributed by atoms with Gasteiger partial charge in [-0.15, -0.1) is 12.4 Å². The van der Waals surface area contributed by atoms with Crippen molar-refractivity contribution < 1.29 is 8.78 Å². The van der Waals surface area contributed by atoms with Crippen LogP contribution in [0.2, 0.25) is 0 Å². The van der Waals surface area contributed by atoms with Gasteiger partial charge in [0.15, 0.2) is 0 Å². The number of benzene rings is 1. The van der Waals surface area contributed by atoms with E-state index in [1.807, 2.05) is 0 Å². The Morgan fingerprint density at radius 3 is 2.11 bits per heavy atom. The lowest BCUT2D eigenvalue weighted by Crippen LogP contribution is -2.25. The molecule has 0 aliphatic heterocycles. The van der Waals surface area contributed by atoms with E-state index in [9.17, 15) is 8.78 Å². The van der Waals surface area contributed by atoms with Gasteiger partial charge in [0.25, 0.3) is 0 Å². The fourth-order valence-electron chi connectivity index (χ4n) is 2.60. The molecule has 1 fully saturated rings. The second-order valence-electron chi connectivity index (χ2n) is 4.71. The predicted octanol–water partition coefficient (Wildman–Crippen LogP) is 4.73. The van der Waals surface area contributed by atoms with E-state index in [0.717, 1.165) is 25.7 Å². The highest BCUT2D eigenvalue weighted by Crippen LogP contribution is 2.35. The van der Waals surface area contributed by atoms with Crippen LogP contribution in [0.25, 0.3) is 0 Å². The average Bonchev–Trinajstić information content (AvgIpc) is 2.28. The minimum absolute atomic E-state index is 0. The zero-order valence-corrected chi connectivity index (χ0v) is 12.4. The Labute approximate surface area is 121 Å². The van der Waals surface area contributed by atoms with Gasteiger partial charge in [0, 0.05) is 16.1 Å². The van der Waals surface area contributed by atoms with Gasteiger partial charge in [-0.3, -0.25) is 0 Å². The molecule has 2 rings (SSSR count). The third-order valence-electron chi connectivity index (χ3n) is 3.53. The van der Waals surface area contributed by atoms with Crippen molar-refractivity contribution in [3.8, 4) is 0 Å². The number of rotatable bonds is 2. The van der Waals surface area contributed by atoms with Crippen LogP contribution in [0.4, 0.5) is 8.78 Å². The maximum atomic E-state index is 13.8. The SMILES string of the molecule is Cl.N[C@H](c1c(F)cc(Br)cc1F)C1CCCCC1. The van der Waals surface area contributed by atoms with Gasteiger partial charge >= 0.3 is 0 Å². The monoisotopic (exact) mass is 339 g/mol. The van der Waals surface area contributed by atoms with Crippen molar-refractivity contribution in [2.75, 3.05) is 0 Å². The minimum atomic E-state index is -0.546. The Balaban J connectivity index is 0.00000162. The molecule has 0 amide bonds. The van der Waals surface area contributed by atoms with Crippen molar-refractivity contribution in [3.63, 3.8) is 0 Å². The van der Waals surface area contributed by atoms with Crippen LogP contribution in [-0.4, -0.2) is 0 Å². The van der Waals surface area contributed by atoms with Crippen LogP contribution in [-0.2, 0) is 0 Å². The van der Waals surface area contributed by atoms with Gasteiger partial charge in [0.1, 0.15) is 11.6 Å². The summed E-state index contributed by atoms with van der Waals surface area (Å²) in [6, 6.07) is 2.03. The lowest BCUT2D eigenvalue weighted by atomic mass is 9.81. The van der Waals surface area contributed by atoms with E-state index in [1.165, 1.54) is 18.6 Å². The smallest absolute Gasteiger partial charge is 0.132 e. The van der Waals surface area contributed by atoms with E-state index in [2.05, 4.69) is 15.9 Å². The van der Waals surface area contributed by atoms with Gasteiger partial charge in [-0.1, -0.05) is 35.2 Å². The molecule has 0 bridgehead atoms. The maximum Gasteiger partial charge on any atom is 0.132 e. The first-order chi connectivity index (χ1) is 8.09. The Morgan fingerprint density at radius 1 is 1.11 bits per heavy atom. The summed E-state index contributed by atoms with van der Waals surface area (Å²) in [5, 5.41) is 0. The first-order valence-corrected chi connectivity index (χ1v) is 6.79. The van der Waals surface area contributed by atoms with Crippen molar-refractivity contribution in [3.05, 3.63) is 33.8 Å². The number of halogens is 4. The van der Waals surface area contributed by atoms with E-state index in [4.69, 9.17) is 5.73 Å². The molecule has 0 saturated heterocycles. The van der Waals surface area contributed by atoms with Crippen molar-refractivity contribution >= 4 is 28.3 Å². The van der Waals surface area contributed by atoms with E-state index in [0.29, 0.717) is 4.47 Å². The Morgan fingerprint density at radius 2 is 1.61 bits per heavy atom. The summed E-state index contributed by atoms with van der Waals surface area (Å²) in [7, 11) is 0. The van der Waals surface area contributed by atoms with Crippen LogP contribution in [0.3, 0.4) is 0 Å². The molecular formula is C13H17BrClF2N. The first-order valence-electron chi connectivity index (χ1n) is 5.99. The summed E-state index contributed by atoms with van der Waals surface area (Å²) in [5.41, 5.74) is 6.07. The average molecular weight is 341 g/mol. The van der Waals surface area contributed by atoms with Crippen LogP contribution >= 0.6 is 28.3 Å². The minimum Gasteiger partial charge on any atom is -0.324 e. The zero-order chi connectivity index (χ0) is 12.4. The third-order valence-corrected chi connectivity index (χ3v) is 3.99. The summed E-state index contributed by atoms with van der Waals surface area (Å²) in [5.74, 6) is -0.890. The van der Waals surface area contributed by atoms with Gasteiger partial charge in [-0.2, -0.15) is 0 Å². The van der Waals surface area contributed by atoms with E-state index in [1.54, 1.807) is 0 Å². The fourth-order valence-corrected chi connectivity index (χ4v) is 3.00. The Kier molecular flexibility index (Phi) is 6.02. The topological polar surface area (TPSA) is 26.0 Å². The lowest BCUT2D eigenvalue weighted by molar-refractivity contribution is 0.298. The van der Waals surface area contributed by atoms with E-state index in [-0.39, 0.29) is 23.9 Å². The fraction of sp³-hybridized carbons (Fsp3) is 0.538. The van der Waals surface area contributed by atoms with Crippen molar-refractivity contribution in [2.45, 2.75) is 38.1 Å². The summed E-state index contributed by atoms with van der Waals surface area (Å²) >= 11 is 3.07. The molecular weight excluding hydrogens is 324 g/mol. The largest absolute Gasteiger partial charge is 0.324 e. The highest BCUT2D eigenvalue weighted by Gasteiger charge is 2.26. The van der Waals surface area contributed by atoms with E-state index < -0.39 is 17.7 Å². The van der Waals surface area contributed by atoms with Crippen molar-refractivity contribution in [1.82, 2.24) is 0 Å². The first kappa shape index (κ1) is 15.9. The standard InChI is InChI=1S/C13H16BrF2N.ClH/c14-9-6-10(15)12(11(16)7-9)13(17)8-4-2-1-3-5-8;/h6-8,13H,1-5,17H2;1H/t13-;/m0./s1. The molecule has 1 saturated carbocycles. The van der Waals surface area contributed by atoms with Gasteiger partial charge in [0.05, 0.1) is 0 Å². The summed E-state index contributed by atoms with van der Waals surface area (Å²) in [6.45, 7) is 0. The second kappa shape index (κ2) is 6.83. The molecule has 5 heteroatoms. The van der Waals surface area contributed by atoms with Gasteiger partial charge in [0.2, 0.25) is 0 Å². The lowest BCUT2D eigenvalue weighted by Gasteiger charge is -2.28. The van der Waals surface area contributed by atoms with Gasteiger partial charge < -0.3 is 5.73 Å². The Hall–Kier alpha value is -0.190. The molecule has 0 heterocycles. The van der Waals surface area contributed by atoms with Crippen molar-refractivity contribution in [2.24, 2.45) is 11.7 Å². The molecule has 1 nitrogen and oxygen atoms in total. The molecule has 0 spiro atoms. The van der Waals surface area contributed by atoms with Gasteiger partial charge in [-0.25, -0.2) is 8.78 Å². The van der Waals surface area contributed by atoms with Gasteiger partial charge in [-0.05, 0) is 30.9 Å². The molecule has 2 N–H and O–H groups in total. The van der Waals surface area contributed by atoms with E-state index >= 15 is 0 Å². The molecule has 0 radical (unpaired) electrons. The molecule has 1 aliphatic carbocycles. The summed E-state index contributed by atoms with van der Waals surface area (Å²) < 4.78 is 27.9. The van der Waals surface area contributed by atoms with Crippen LogP contribution in [0.15, 0.2) is 16.6 Å². The van der Waals surface area contributed by atoms with Crippen molar-refractivity contribution in [1.29, 1.82) is 0 Å². The molecule has 1 atom stereocenters. The maximum absolute atomic E-state index is 13.8. The molecule has 1 aromatic carbocycles. The molecule has 0 aromatic heterocycles. The van der Waals surface area contributed by atoms with Crippen LogP contribution in [0.5, 0.6) is 0 Å². The highest BCUT2D eigenvalue weighted by atomic mass is 79.9. The molecule has 1 aromatic rings. The molecule has 18 heavy (non-hydrogen) atoms.